The number of hydrogen-bond acceptors (Lipinski definition) is 7. The van der Waals surface area contributed by atoms with Crippen molar-refractivity contribution in [2.45, 2.75) is 19.3 Å². The standard InChI is InChI=1S/C12H10F3N3O5S.C8H6F3NO2/c1-5(19)6-3-7-9(4-8(6)12(13,14)15)16-11(21)18(10(7)20)17-24(2,22)23;9-8(10,11)4-1-2-5(7(13)14)6(12)3-4/h3-4,17H,1-2H3,(H,16,21);1-3H,12H2,(H,13,14). The summed E-state index contributed by atoms with van der Waals surface area (Å²) in [5, 5.41) is 8.04. The van der Waals surface area contributed by atoms with E-state index in [4.69, 9.17) is 10.8 Å². The lowest BCUT2D eigenvalue weighted by molar-refractivity contribution is -0.138. The molecule has 11 nitrogen and oxygen atoms in total. The molecule has 38 heavy (non-hydrogen) atoms. The molecule has 1 heterocycles. The first-order valence-corrected chi connectivity index (χ1v) is 11.6. The van der Waals surface area contributed by atoms with E-state index in [1.165, 1.54) is 0 Å². The Morgan fingerprint density at radius 2 is 1.58 bits per heavy atom. The van der Waals surface area contributed by atoms with E-state index in [9.17, 15) is 53.9 Å². The number of carbonyl (C=O) groups is 2. The maximum absolute atomic E-state index is 13.0. The van der Waals surface area contributed by atoms with E-state index >= 15 is 0 Å². The number of aromatic amines is 1. The van der Waals surface area contributed by atoms with Crippen LogP contribution in [0.15, 0.2) is 39.9 Å². The van der Waals surface area contributed by atoms with Gasteiger partial charge in [-0.3, -0.25) is 9.59 Å². The van der Waals surface area contributed by atoms with Crippen molar-refractivity contribution >= 4 is 38.4 Å². The number of aromatic carboxylic acids is 1. The molecular formula is C20H16F6N4O7S. The molecule has 18 heteroatoms. The normalized spacial score (nSPS) is 12.0. The van der Waals surface area contributed by atoms with Gasteiger partial charge in [-0.05, 0) is 37.3 Å². The van der Waals surface area contributed by atoms with E-state index in [2.05, 4.69) is 0 Å². The molecule has 0 spiro atoms. The quantitative estimate of drug-likeness (QED) is 0.210. The van der Waals surface area contributed by atoms with Crippen molar-refractivity contribution in [3.8, 4) is 0 Å². The largest absolute Gasteiger partial charge is 0.478 e. The van der Waals surface area contributed by atoms with Gasteiger partial charge in [0.05, 0.1) is 33.8 Å². The summed E-state index contributed by atoms with van der Waals surface area (Å²) in [6.07, 6.45) is -8.71. The number of nitrogens with two attached hydrogens (primary N) is 1. The zero-order valence-corrected chi connectivity index (χ0v) is 19.8. The average Bonchev–Trinajstić information content (AvgIpc) is 2.74. The number of nitrogens with one attached hydrogen (secondary N) is 2. The lowest BCUT2D eigenvalue weighted by Gasteiger charge is -2.13. The predicted octanol–water partition coefficient (Wildman–Crippen LogP) is 2.40. The number of carboxylic acids is 1. The maximum Gasteiger partial charge on any atom is 0.417 e. The Labute approximate surface area is 207 Å². The maximum atomic E-state index is 13.0. The highest BCUT2D eigenvalue weighted by molar-refractivity contribution is 7.91. The van der Waals surface area contributed by atoms with Crippen LogP contribution in [0, 0.1) is 0 Å². The van der Waals surface area contributed by atoms with Crippen molar-refractivity contribution in [1.29, 1.82) is 0 Å². The Hall–Kier alpha value is -4.35. The smallest absolute Gasteiger partial charge is 0.417 e. The first-order valence-electron chi connectivity index (χ1n) is 9.72. The number of Topliss-reactive ketones (excluding diaryl/α,β-unsaturated/α-hetero) is 1. The fourth-order valence-electron chi connectivity index (χ4n) is 2.97. The molecular weight excluding hydrogens is 554 g/mol. The summed E-state index contributed by atoms with van der Waals surface area (Å²) >= 11 is 0. The van der Waals surface area contributed by atoms with Crippen LogP contribution in [0.4, 0.5) is 32.0 Å². The van der Waals surface area contributed by atoms with Crippen molar-refractivity contribution in [1.82, 2.24) is 9.66 Å². The van der Waals surface area contributed by atoms with Crippen molar-refractivity contribution in [3.05, 3.63) is 73.4 Å². The highest BCUT2D eigenvalue weighted by Gasteiger charge is 2.35. The molecule has 206 valence electrons. The second-order valence-electron chi connectivity index (χ2n) is 7.54. The van der Waals surface area contributed by atoms with Gasteiger partial charge in [-0.1, -0.05) is 0 Å². The highest BCUT2D eigenvalue weighted by atomic mass is 32.2. The third kappa shape index (κ3) is 6.90. The molecule has 0 aliphatic rings. The lowest BCUT2D eigenvalue weighted by atomic mass is 10.0. The summed E-state index contributed by atoms with van der Waals surface area (Å²) in [5.74, 6) is -2.30. The molecule has 3 rings (SSSR count). The van der Waals surface area contributed by atoms with Gasteiger partial charge in [-0.2, -0.15) is 31.0 Å². The Balaban J connectivity index is 0.000000308. The number of rotatable bonds is 4. The molecule has 0 saturated heterocycles. The van der Waals surface area contributed by atoms with Gasteiger partial charge in [0.15, 0.2) is 5.78 Å². The monoisotopic (exact) mass is 570 g/mol. The zero-order valence-electron chi connectivity index (χ0n) is 19.0. The third-order valence-electron chi connectivity index (χ3n) is 4.59. The number of nitrogens with zero attached hydrogens (tertiary/aromatic N) is 1. The van der Waals surface area contributed by atoms with E-state index in [1.54, 1.807) is 4.83 Å². The lowest BCUT2D eigenvalue weighted by Crippen LogP contribution is -2.43. The van der Waals surface area contributed by atoms with Crippen LogP contribution in [-0.4, -0.2) is 41.2 Å². The van der Waals surface area contributed by atoms with Gasteiger partial charge in [0.2, 0.25) is 10.0 Å². The summed E-state index contributed by atoms with van der Waals surface area (Å²) in [4.78, 5) is 49.4. The molecule has 0 aliphatic heterocycles. The summed E-state index contributed by atoms with van der Waals surface area (Å²) in [6.45, 7) is 0.884. The average molecular weight is 570 g/mol. The molecule has 0 amide bonds. The number of benzene rings is 2. The number of anilines is 1. The number of H-pyrrole nitrogens is 1. The second-order valence-corrected chi connectivity index (χ2v) is 9.26. The minimum atomic E-state index is -4.88. The highest BCUT2D eigenvalue weighted by Crippen LogP contribution is 2.34. The minimum Gasteiger partial charge on any atom is -0.478 e. The van der Waals surface area contributed by atoms with Crippen LogP contribution in [-0.2, 0) is 22.4 Å². The second kappa shape index (κ2) is 10.2. The van der Waals surface area contributed by atoms with E-state index in [0.717, 1.165) is 13.0 Å². The number of carbonyl (C=O) groups excluding carboxylic acids is 1. The van der Waals surface area contributed by atoms with Crippen molar-refractivity contribution in [3.63, 3.8) is 0 Å². The number of alkyl halides is 6. The van der Waals surface area contributed by atoms with Crippen molar-refractivity contribution in [2.24, 2.45) is 0 Å². The number of fused-ring (bicyclic) bond motifs is 1. The molecule has 1 aromatic heterocycles. The van der Waals surface area contributed by atoms with Crippen LogP contribution >= 0.6 is 0 Å². The van der Waals surface area contributed by atoms with Gasteiger partial charge in [-0.15, -0.1) is 0 Å². The van der Waals surface area contributed by atoms with Crippen LogP contribution in [0.5, 0.6) is 0 Å². The molecule has 0 aliphatic carbocycles. The van der Waals surface area contributed by atoms with Crippen LogP contribution in [0.3, 0.4) is 0 Å². The topological polar surface area (TPSA) is 181 Å². The van der Waals surface area contributed by atoms with E-state index in [-0.39, 0.29) is 10.2 Å². The number of aromatic nitrogens is 2. The SMILES string of the molecule is CC(=O)c1cc2c(=O)n(NS(C)(=O)=O)c(=O)[nH]c2cc1C(F)(F)F.Nc1cc(C(F)(F)F)ccc1C(=O)O. The minimum absolute atomic E-state index is 0.0921. The number of carboxylic acid groups (broad SMARTS) is 1. The summed E-state index contributed by atoms with van der Waals surface area (Å²) in [5.41, 5.74) is -1.60. The first kappa shape index (κ1) is 29.9. The molecule has 2 aromatic carbocycles. The number of ketones is 1. The van der Waals surface area contributed by atoms with Gasteiger partial charge < -0.3 is 15.8 Å². The molecule has 0 bridgehead atoms. The molecule has 5 N–H and O–H groups in total. The van der Waals surface area contributed by atoms with Crippen LogP contribution in [0.25, 0.3) is 10.9 Å². The molecule has 3 aromatic rings. The zero-order chi connectivity index (χ0) is 29.4. The Morgan fingerprint density at radius 3 is 2.00 bits per heavy atom. The predicted molar refractivity (Wildman–Crippen MR) is 121 cm³/mol. The van der Waals surface area contributed by atoms with Gasteiger partial charge in [-0.25, -0.2) is 22.8 Å². The van der Waals surface area contributed by atoms with Gasteiger partial charge >= 0.3 is 24.0 Å². The number of sulfonamides is 1. The molecule has 0 radical (unpaired) electrons. The molecule has 0 saturated carbocycles. The Morgan fingerprint density at radius 1 is 1.00 bits per heavy atom. The number of halogens is 6. The van der Waals surface area contributed by atoms with Crippen LogP contribution in [0.1, 0.15) is 38.8 Å². The summed E-state index contributed by atoms with van der Waals surface area (Å²) in [6, 6.07) is 3.24. The van der Waals surface area contributed by atoms with E-state index in [1.807, 2.05) is 4.98 Å². The fraction of sp³-hybridized carbons (Fsp3) is 0.200. The van der Waals surface area contributed by atoms with E-state index < -0.39 is 78.7 Å². The Bertz CT molecular complexity index is 1660. The molecule has 0 fully saturated rings. The molecule has 0 atom stereocenters. The van der Waals surface area contributed by atoms with Crippen molar-refractivity contribution < 1.29 is 49.5 Å². The van der Waals surface area contributed by atoms with Gasteiger partial charge in [0.25, 0.3) is 5.56 Å². The number of nitrogen functional groups attached to an aromatic ring is 1. The summed E-state index contributed by atoms with van der Waals surface area (Å²) < 4.78 is 97.8. The Kier molecular flexibility index (Phi) is 8.01. The van der Waals surface area contributed by atoms with Gasteiger partial charge in [0, 0.05) is 11.3 Å². The van der Waals surface area contributed by atoms with Gasteiger partial charge in [0.1, 0.15) is 0 Å². The number of hydrogen-bond donors (Lipinski definition) is 4. The van der Waals surface area contributed by atoms with E-state index in [0.29, 0.717) is 30.5 Å². The first-order chi connectivity index (χ1) is 17.1. The summed E-state index contributed by atoms with van der Waals surface area (Å²) in [7, 11) is -4.00. The fourth-order valence-corrected chi connectivity index (χ4v) is 3.47. The van der Waals surface area contributed by atoms with Crippen LogP contribution < -0.4 is 21.8 Å². The van der Waals surface area contributed by atoms with Crippen LogP contribution in [0.2, 0.25) is 0 Å². The van der Waals surface area contributed by atoms with Crippen molar-refractivity contribution in [2.75, 3.05) is 16.8 Å². The third-order valence-corrected chi connectivity index (χ3v) is 5.10. The molecule has 0 unspecified atom stereocenters.